The van der Waals surface area contributed by atoms with Crippen molar-refractivity contribution in [2.75, 3.05) is 27.3 Å². The second-order valence-electron chi connectivity index (χ2n) is 4.27. The van der Waals surface area contributed by atoms with Crippen LogP contribution in [0.25, 0.3) is 0 Å². The second-order valence-corrected chi connectivity index (χ2v) is 4.27. The molecule has 98 valence electrons. The minimum Gasteiger partial charge on any atom is -0.497 e. The first-order chi connectivity index (χ1) is 8.63. The number of amides is 1. The first-order valence-corrected chi connectivity index (χ1v) is 5.82. The van der Waals surface area contributed by atoms with E-state index in [9.17, 15) is 9.90 Å². The number of aliphatic hydroxyl groups is 1. The molecular formula is C13H17NO4. The molecule has 5 heteroatoms. The number of morpholine rings is 1. The lowest BCUT2D eigenvalue weighted by molar-refractivity contribution is -0.161. The van der Waals surface area contributed by atoms with Crippen LogP contribution in [0.5, 0.6) is 5.75 Å². The Morgan fingerprint density at radius 1 is 1.44 bits per heavy atom. The first-order valence-electron chi connectivity index (χ1n) is 5.82. The highest BCUT2D eigenvalue weighted by Crippen LogP contribution is 2.24. The van der Waals surface area contributed by atoms with Crippen LogP contribution in [0.3, 0.4) is 0 Å². The van der Waals surface area contributed by atoms with Gasteiger partial charge in [0.15, 0.2) is 6.10 Å². The number of aliphatic hydroxyl groups excluding tert-OH is 1. The van der Waals surface area contributed by atoms with Crippen LogP contribution in [0, 0.1) is 0 Å². The Kier molecular flexibility index (Phi) is 3.84. The molecule has 0 unspecified atom stereocenters. The fourth-order valence-electron chi connectivity index (χ4n) is 1.92. The van der Waals surface area contributed by atoms with Gasteiger partial charge in [-0.25, -0.2) is 0 Å². The average molecular weight is 251 g/mol. The third-order valence-electron chi connectivity index (χ3n) is 3.09. The van der Waals surface area contributed by atoms with E-state index in [4.69, 9.17) is 9.47 Å². The maximum absolute atomic E-state index is 11.9. The monoisotopic (exact) mass is 251 g/mol. The van der Waals surface area contributed by atoms with Gasteiger partial charge in [-0.3, -0.25) is 4.79 Å². The van der Waals surface area contributed by atoms with Gasteiger partial charge in [-0.2, -0.15) is 0 Å². The van der Waals surface area contributed by atoms with Gasteiger partial charge >= 0.3 is 0 Å². The Morgan fingerprint density at radius 3 is 2.72 bits per heavy atom. The Labute approximate surface area is 106 Å². The highest BCUT2D eigenvalue weighted by Gasteiger charge is 2.34. The predicted molar refractivity (Wildman–Crippen MR) is 65.3 cm³/mol. The summed E-state index contributed by atoms with van der Waals surface area (Å²) < 4.78 is 10.4. The quantitative estimate of drug-likeness (QED) is 0.854. The van der Waals surface area contributed by atoms with E-state index in [1.165, 1.54) is 0 Å². The van der Waals surface area contributed by atoms with E-state index < -0.39 is 12.2 Å². The predicted octanol–water partition coefficient (Wildman–Crippen LogP) is 0.586. The van der Waals surface area contributed by atoms with E-state index in [2.05, 4.69) is 0 Å². The summed E-state index contributed by atoms with van der Waals surface area (Å²) >= 11 is 0. The number of hydrogen-bond donors (Lipinski definition) is 1. The molecule has 5 nitrogen and oxygen atoms in total. The fraction of sp³-hybridized carbons (Fsp3) is 0.462. The minimum absolute atomic E-state index is 0.190. The molecule has 1 fully saturated rings. The standard InChI is InChI=1S/C13H17NO4/c1-14-7-8-18-12(13(14)16)11(15)9-3-5-10(17-2)6-4-9/h3-6,11-12,15H,7-8H2,1-2H3/t11-,12+/m0/s1. The van der Waals surface area contributed by atoms with Gasteiger partial charge in [-0.05, 0) is 17.7 Å². The zero-order valence-electron chi connectivity index (χ0n) is 10.5. The molecule has 1 heterocycles. The highest BCUT2D eigenvalue weighted by molar-refractivity contribution is 5.82. The van der Waals surface area contributed by atoms with Crippen molar-refractivity contribution in [3.8, 4) is 5.75 Å². The first kappa shape index (κ1) is 12.9. The molecule has 0 saturated carbocycles. The Bertz CT molecular complexity index is 418. The molecule has 1 aromatic carbocycles. The van der Waals surface area contributed by atoms with Crippen LogP contribution in [0.15, 0.2) is 24.3 Å². The molecule has 1 N–H and O–H groups in total. The molecule has 0 radical (unpaired) electrons. The van der Waals surface area contributed by atoms with E-state index in [0.29, 0.717) is 24.5 Å². The molecule has 0 spiro atoms. The Morgan fingerprint density at radius 2 is 2.11 bits per heavy atom. The van der Waals surface area contributed by atoms with Gasteiger partial charge in [0.1, 0.15) is 11.9 Å². The maximum Gasteiger partial charge on any atom is 0.254 e. The van der Waals surface area contributed by atoms with Crippen molar-refractivity contribution in [2.24, 2.45) is 0 Å². The molecule has 1 aliphatic rings. The topological polar surface area (TPSA) is 59.0 Å². The van der Waals surface area contributed by atoms with Gasteiger partial charge in [0.05, 0.1) is 13.7 Å². The van der Waals surface area contributed by atoms with Crippen molar-refractivity contribution in [3.63, 3.8) is 0 Å². The van der Waals surface area contributed by atoms with Gasteiger partial charge in [0.2, 0.25) is 0 Å². The Hall–Kier alpha value is -1.59. The van der Waals surface area contributed by atoms with Gasteiger partial charge in [-0.1, -0.05) is 12.1 Å². The summed E-state index contributed by atoms with van der Waals surface area (Å²) in [5.41, 5.74) is 0.643. The van der Waals surface area contributed by atoms with Crippen LogP contribution in [0.1, 0.15) is 11.7 Å². The van der Waals surface area contributed by atoms with E-state index in [1.54, 1.807) is 43.3 Å². The normalized spacial score (nSPS) is 21.8. The average Bonchev–Trinajstić information content (AvgIpc) is 2.41. The van der Waals surface area contributed by atoms with Gasteiger partial charge in [0, 0.05) is 13.6 Å². The van der Waals surface area contributed by atoms with Crippen molar-refractivity contribution >= 4 is 5.91 Å². The molecule has 0 aliphatic carbocycles. The van der Waals surface area contributed by atoms with E-state index in [-0.39, 0.29) is 5.91 Å². The minimum atomic E-state index is -0.953. The summed E-state index contributed by atoms with van der Waals surface area (Å²) in [7, 11) is 3.28. The zero-order chi connectivity index (χ0) is 13.1. The van der Waals surface area contributed by atoms with E-state index in [1.807, 2.05) is 0 Å². The Balaban J connectivity index is 2.14. The molecule has 0 aromatic heterocycles. The van der Waals surface area contributed by atoms with Gasteiger partial charge in [0.25, 0.3) is 5.91 Å². The molecule has 0 bridgehead atoms. The van der Waals surface area contributed by atoms with Crippen molar-refractivity contribution in [2.45, 2.75) is 12.2 Å². The van der Waals surface area contributed by atoms with Crippen LogP contribution in [-0.2, 0) is 9.53 Å². The number of carbonyl (C=O) groups excluding carboxylic acids is 1. The molecular weight excluding hydrogens is 234 g/mol. The smallest absolute Gasteiger partial charge is 0.254 e. The largest absolute Gasteiger partial charge is 0.497 e. The summed E-state index contributed by atoms with van der Waals surface area (Å²) in [5, 5.41) is 10.2. The molecule has 1 amide bonds. The van der Waals surface area contributed by atoms with Crippen LogP contribution in [0.2, 0.25) is 0 Å². The summed E-state index contributed by atoms with van der Waals surface area (Å²) in [6.07, 6.45) is -1.77. The number of rotatable bonds is 3. The van der Waals surface area contributed by atoms with Crippen LogP contribution in [-0.4, -0.2) is 49.3 Å². The summed E-state index contributed by atoms with van der Waals surface area (Å²) in [6.45, 7) is 1.00. The summed E-state index contributed by atoms with van der Waals surface area (Å²) in [5.74, 6) is 0.517. The van der Waals surface area contributed by atoms with Crippen molar-refractivity contribution in [3.05, 3.63) is 29.8 Å². The third-order valence-corrected chi connectivity index (χ3v) is 3.09. The highest BCUT2D eigenvalue weighted by atomic mass is 16.5. The maximum atomic E-state index is 11.9. The third kappa shape index (κ3) is 2.47. The number of methoxy groups -OCH3 is 1. The van der Waals surface area contributed by atoms with Gasteiger partial charge < -0.3 is 19.5 Å². The number of benzene rings is 1. The second kappa shape index (κ2) is 5.37. The van der Waals surface area contributed by atoms with Crippen molar-refractivity contribution in [1.82, 2.24) is 4.90 Å². The molecule has 2 rings (SSSR count). The van der Waals surface area contributed by atoms with Gasteiger partial charge in [-0.15, -0.1) is 0 Å². The number of likely N-dealkylation sites (N-methyl/N-ethyl adjacent to an activating group) is 1. The van der Waals surface area contributed by atoms with E-state index >= 15 is 0 Å². The molecule has 1 saturated heterocycles. The lowest BCUT2D eigenvalue weighted by atomic mass is 10.0. The van der Waals surface area contributed by atoms with Crippen LogP contribution >= 0.6 is 0 Å². The molecule has 1 aromatic rings. The molecule has 1 aliphatic heterocycles. The van der Waals surface area contributed by atoms with Crippen LogP contribution in [0.4, 0.5) is 0 Å². The number of ether oxygens (including phenoxy) is 2. The lowest BCUT2D eigenvalue weighted by Crippen LogP contribution is -2.48. The SMILES string of the molecule is COc1ccc([C@H](O)[C@H]2OCCN(C)C2=O)cc1. The number of carbonyl (C=O) groups is 1. The summed E-state index contributed by atoms with van der Waals surface area (Å²) in [6, 6.07) is 6.95. The number of hydrogen-bond acceptors (Lipinski definition) is 4. The fourth-order valence-corrected chi connectivity index (χ4v) is 1.92. The zero-order valence-corrected chi connectivity index (χ0v) is 10.5. The van der Waals surface area contributed by atoms with Crippen molar-refractivity contribution < 1.29 is 19.4 Å². The lowest BCUT2D eigenvalue weighted by Gasteiger charge is -2.32. The summed E-state index contributed by atoms with van der Waals surface area (Å²) in [4.78, 5) is 13.4. The van der Waals surface area contributed by atoms with Crippen molar-refractivity contribution in [1.29, 1.82) is 0 Å². The van der Waals surface area contributed by atoms with E-state index in [0.717, 1.165) is 0 Å². The molecule has 2 atom stereocenters. The molecule has 18 heavy (non-hydrogen) atoms. The number of nitrogens with zero attached hydrogens (tertiary/aromatic N) is 1. The van der Waals surface area contributed by atoms with Crippen LogP contribution < -0.4 is 4.74 Å².